The van der Waals surface area contributed by atoms with Gasteiger partial charge in [-0.05, 0) is 23.8 Å². The Balaban J connectivity index is 2.04. The number of carboxylic acids is 1. The van der Waals surface area contributed by atoms with Crippen LogP contribution in [0, 0.1) is 0 Å². The van der Waals surface area contributed by atoms with Crippen molar-refractivity contribution in [1.29, 1.82) is 0 Å². The lowest BCUT2D eigenvalue weighted by Gasteiger charge is -2.18. The smallest absolute Gasteiger partial charge is 0.327 e. The van der Waals surface area contributed by atoms with Gasteiger partial charge in [0.2, 0.25) is 5.91 Å². The van der Waals surface area contributed by atoms with E-state index in [-0.39, 0.29) is 5.91 Å². The van der Waals surface area contributed by atoms with Gasteiger partial charge < -0.3 is 10.0 Å². The molecule has 0 unspecified atom stereocenters. The molecule has 0 aromatic heterocycles. The van der Waals surface area contributed by atoms with Crippen molar-refractivity contribution in [2.45, 2.75) is 6.04 Å². The number of benzene rings is 1. The van der Waals surface area contributed by atoms with Gasteiger partial charge in [0.1, 0.15) is 6.04 Å². The van der Waals surface area contributed by atoms with Crippen molar-refractivity contribution in [2.24, 2.45) is 0 Å². The topological polar surface area (TPSA) is 57.6 Å². The molecular weight excluding hydrogens is 286 g/mol. The molecule has 1 N–H and O–H groups in total. The van der Waals surface area contributed by atoms with Gasteiger partial charge in [-0.25, -0.2) is 4.79 Å². The van der Waals surface area contributed by atoms with E-state index < -0.39 is 12.0 Å². The highest BCUT2D eigenvalue weighted by Gasteiger charge is 2.33. The predicted octanol–water partition coefficient (Wildman–Crippen LogP) is 2.34. The van der Waals surface area contributed by atoms with Crippen LogP contribution in [-0.4, -0.2) is 39.6 Å². The Morgan fingerprint density at radius 1 is 1.37 bits per heavy atom. The van der Waals surface area contributed by atoms with Crippen LogP contribution in [0.2, 0.25) is 5.02 Å². The normalized spacial score (nSPS) is 19.0. The first kappa shape index (κ1) is 14.0. The molecule has 1 fully saturated rings. The fourth-order valence-electron chi connectivity index (χ4n) is 1.70. The van der Waals surface area contributed by atoms with Crippen molar-refractivity contribution in [3.8, 4) is 0 Å². The SMILES string of the molecule is O=C(O)[C@@H]1CSCN1C(=O)/C=C/c1ccc(Cl)cc1. The highest BCUT2D eigenvalue weighted by Crippen LogP contribution is 2.21. The molecule has 1 amide bonds. The molecule has 4 nitrogen and oxygen atoms in total. The zero-order chi connectivity index (χ0) is 13.8. The summed E-state index contributed by atoms with van der Waals surface area (Å²) in [6.07, 6.45) is 3.05. The van der Waals surface area contributed by atoms with Gasteiger partial charge in [0.05, 0.1) is 5.88 Å². The quantitative estimate of drug-likeness (QED) is 0.870. The molecule has 1 heterocycles. The molecule has 0 saturated carbocycles. The van der Waals surface area contributed by atoms with Gasteiger partial charge in [0, 0.05) is 16.9 Å². The van der Waals surface area contributed by atoms with Crippen molar-refractivity contribution in [3.05, 3.63) is 40.9 Å². The number of carboxylic acid groups (broad SMARTS) is 1. The number of hydrogen-bond donors (Lipinski definition) is 1. The molecule has 0 radical (unpaired) electrons. The van der Waals surface area contributed by atoms with Crippen molar-refractivity contribution >= 4 is 41.3 Å². The van der Waals surface area contributed by atoms with Gasteiger partial charge >= 0.3 is 5.97 Å². The Hall–Kier alpha value is -1.46. The number of rotatable bonds is 3. The Morgan fingerprint density at radius 2 is 2.05 bits per heavy atom. The molecule has 6 heteroatoms. The van der Waals surface area contributed by atoms with E-state index >= 15 is 0 Å². The number of halogens is 1. The Morgan fingerprint density at radius 3 is 2.68 bits per heavy atom. The summed E-state index contributed by atoms with van der Waals surface area (Å²) in [7, 11) is 0. The maximum absolute atomic E-state index is 11.9. The summed E-state index contributed by atoms with van der Waals surface area (Å²) in [6, 6.07) is 6.32. The third-order valence-corrected chi connectivity index (χ3v) is 4.00. The number of thioether (sulfide) groups is 1. The van der Waals surface area contributed by atoms with Crippen LogP contribution in [0.3, 0.4) is 0 Å². The lowest BCUT2D eigenvalue weighted by molar-refractivity contribution is -0.146. The maximum atomic E-state index is 11.9. The Kier molecular flexibility index (Phi) is 4.50. The molecule has 1 saturated heterocycles. The molecule has 1 aliphatic heterocycles. The minimum atomic E-state index is -0.960. The summed E-state index contributed by atoms with van der Waals surface area (Å²) in [5.74, 6) is -0.387. The molecule has 19 heavy (non-hydrogen) atoms. The van der Waals surface area contributed by atoms with Gasteiger partial charge in [-0.15, -0.1) is 11.8 Å². The van der Waals surface area contributed by atoms with Gasteiger partial charge in [-0.3, -0.25) is 4.79 Å². The molecule has 2 rings (SSSR count). The summed E-state index contributed by atoms with van der Waals surface area (Å²) < 4.78 is 0. The molecule has 1 aliphatic rings. The minimum absolute atomic E-state index is 0.285. The third-order valence-electron chi connectivity index (χ3n) is 2.74. The van der Waals surface area contributed by atoms with Crippen LogP contribution in [0.1, 0.15) is 5.56 Å². The minimum Gasteiger partial charge on any atom is -0.480 e. The lowest BCUT2D eigenvalue weighted by Crippen LogP contribution is -2.40. The van der Waals surface area contributed by atoms with Crippen molar-refractivity contribution in [3.63, 3.8) is 0 Å². The summed E-state index contributed by atoms with van der Waals surface area (Å²) >= 11 is 7.21. The fraction of sp³-hybridized carbons (Fsp3) is 0.231. The molecule has 1 atom stereocenters. The first-order chi connectivity index (χ1) is 9.08. The van der Waals surface area contributed by atoms with Crippen LogP contribution in [0.5, 0.6) is 0 Å². The summed E-state index contributed by atoms with van der Waals surface area (Å²) in [4.78, 5) is 24.3. The number of amides is 1. The maximum Gasteiger partial charge on any atom is 0.327 e. The fourth-order valence-corrected chi connectivity index (χ4v) is 2.98. The van der Waals surface area contributed by atoms with Gasteiger partial charge in [0.15, 0.2) is 0 Å². The number of carbonyl (C=O) groups is 2. The van der Waals surface area contributed by atoms with Gasteiger partial charge in [-0.2, -0.15) is 0 Å². The molecule has 100 valence electrons. The number of aliphatic carboxylic acids is 1. The summed E-state index contributed by atoms with van der Waals surface area (Å²) in [5, 5.41) is 9.63. The largest absolute Gasteiger partial charge is 0.480 e. The molecule has 1 aromatic carbocycles. The second-order valence-corrected chi connectivity index (χ2v) is 5.48. The van der Waals surface area contributed by atoms with E-state index in [9.17, 15) is 9.59 Å². The second-order valence-electron chi connectivity index (χ2n) is 4.05. The van der Waals surface area contributed by atoms with Crippen molar-refractivity contribution in [1.82, 2.24) is 4.90 Å². The van der Waals surface area contributed by atoms with Crippen LogP contribution in [-0.2, 0) is 9.59 Å². The first-order valence-corrected chi connectivity index (χ1v) is 7.16. The Labute approximate surface area is 120 Å². The van der Waals surface area contributed by atoms with E-state index in [1.165, 1.54) is 22.7 Å². The van der Waals surface area contributed by atoms with Gasteiger partial charge in [0.25, 0.3) is 0 Å². The molecule has 0 bridgehead atoms. The number of nitrogens with zero attached hydrogens (tertiary/aromatic N) is 1. The third kappa shape index (κ3) is 3.52. The zero-order valence-electron chi connectivity index (χ0n) is 9.95. The van der Waals surface area contributed by atoms with Crippen molar-refractivity contribution in [2.75, 3.05) is 11.6 Å². The van der Waals surface area contributed by atoms with E-state index in [4.69, 9.17) is 16.7 Å². The lowest BCUT2D eigenvalue weighted by atomic mass is 10.2. The van der Waals surface area contributed by atoms with Crippen LogP contribution in [0.15, 0.2) is 30.3 Å². The van der Waals surface area contributed by atoms with Crippen LogP contribution < -0.4 is 0 Å². The summed E-state index contributed by atoms with van der Waals surface area (Å²) in [5.41, 5.74) is 0.844. The van der Waals surface area contributed by atoms with Gasteiger partial charge in [-0.1, -0.05) is 23.7 Å². The molecular formula is C13H12ClNO3S. The van der Waals surface area contributed by atoms with E-state index in [1.807, 2.05) is 0 Å². The average Bonchev–Trinajstić information content (AvgIpc) is 2.87. The first-order valence-electron chi connectivity index (χ1n) is 5.63. The monoisotopic (exact) mass is 297 g/mol. The highest BCUT2D eigenvalue weighted by atomic mass is 35.5. The van der Waals surface area contributed by atoms with E-state index in [0.717, 1.165) is 5.56 Å². The molecule has 0 spiro atoms. The average molecular weight is 298 g/mol. The predicted molar refractivity (Wildman–Crippen MR) is 76.1 cm³/mol. The van der Waals surface area contributed by atoms with Crippen LogP contribution in [0.25, 0.3) is 6.08 Å². The van der Waals surface area contributed by atoms with Crippen molar-refractivity contribution < 1.29 is 14.7 Å². The second kappa shape index (κ2) is 6.12. The molecule has 0 aliphatic carbocycles. The Bertz CT molecular complexity index is 515. The standard InChI is InChI=1S/C13H12ClNO3S/c14-10-4-1-9(2-5-10)3-6-12(16)15-8-19-7-11(15)13(17)18/h1-6,11H,7-8H2,(H,17,18)/b6-3+/t11-/m0/s1. The highest BCUT2D eigenvalue weighted by molar-refractivity contribution is 7.99. The van der Waals surface area contributed by atoms with E-state index in [1.54, 1.807) is 30.3 Å². The van der Waals surface area contributed by atoms with Crippen LogP contribution in [0.4, 0.5) is 0 Å². The van der Waals surface area contributed by atoms with E-state index in [0.29, 0.717) is 16.7 Å². The zero-order valence-corrected chi connectivity index (χ0v) is 11.5. The summed E-state index contributed by atoms with van der Waals surface area (Å²) in [6.45, 7) is 0. The number of carbonyl (C=O) groups excluding carboxylic acids is 1. The van der Waals surface area contributed by atoms with Crippen LogP contribution >= 0.6 is 23.4 Å². The van der Waals surface area contributed by atoms with E-state index in [2.05, 4.69) is 0 Å². The number of hydrogen-bond acceptors (Lipinski definition) is 3. The molecule has 1 aromatic rings.